The van der Waals surface area contributed by atoms with E-state index in [-0.39, 0.29) is 5.78 Å². The lowest BCUT2D eigenvalue weighted by Crippen LogP contribution is -1.90. The quantitative estimate of drug-likeness (QED) is 0.657. The molecule has 0 saturated carbocycles. The lowest BCUT2D eigenvalue weighted by atomic mass is 10.1. The molecule has 0 aliphatic heterocycles. The minimum absolute atomic E-state index is 0.262. The standard InChI is InChI=1S/C10H8N2O/c13-10-4-2-6-7(10)1-3-9-8(6)5-11-12-9/h1,3,5H,2,4H2,(H,11,12). The molecule has 3 heteroatoms. The number of benzene rings is 1. The largest absolute Gasteiger partial charge is 0.294 e. The summed E-state index contributed by atoms with van der Waals surface area (Å²) < 4.78 is 0. The summed E-state index contributed by atoms with van der Waals surface area (Å²) in [4.78, 5) is 11.4. The second-order valence-electron chi connectivity index (χ2n) is 3.35. The van der Waals surface area contributed by atoms with Gasteiger partial charge in [-0.3, -0.25) is 9.89 Å². The molecule has 3 nitrogen and oxygen atoms in total. The highest BCUT2D eigenvalue weighted by Gasteiger charge is 2.21. The maximum Gasteiger partial charge on any atom is 0.163 e. The first kappa shape index (κ1) is 6.83. The highest BCUT2D eigenvalue weighted by atomic mass is 16.1. The third kappa shape index (κ3) is 0.786. The summed E-state index contributed by atoms with van der Waals surface area (Å²) >= 11 is 0. The molecule has 2 aromatic rings. The molecule has 1 heterocycles. The number of ketones is 1. The van der Waals surface area contributed by atoms with Crippen LogP contribution in [0, 0.1) is 0 Å². The summed E-state index contributed by atoms with van der Waals surface area (Å²) in [5.41, 5.74) is 3.07. The Labute approximate surface area is 74.8 Å². The van der Waals surface area contributed by atoms with Crippen molar-refractivity contribution in [1.82, 2.24) is 10.2 Å². The van der Waals surface area contributed by atoms with Crippen LogP contribution in [0.15, 0.2) is 18.3 Å². The van der Waals surface area contributed by atoms with Crippen LogP contribution in [0.5, 0.6) is 0 Å². The molecule has 0 saturated heterocycles. The Morgan fingerprint density at radius 2 is 2.23 bits per heavy atom. The smallest absolute Gasteiger partial charge is 0.163 e. The van der Waals surface area contributed by atoms with Crippen LogP contribution < -0.4 is 0 Å². The molecular weight excluding hydrogens is 164 g/mol. The fourth-order valence-electron chi connectivity index (χ4n) is 1.98. The summed E-state index contributed by atoms with van der Waals surface area (Å²) in [5.74, 6) is 0.262. The van der Waals surface area contributed by atoms with Gasteiger partial charge in [0.25, 0.3) is 0 Å². The van der Waals surface area contributed by atoms with Crippen molar-refractivity contribution in [3.05, 3.63) is 29.5 Å². The van der Waals surface area contributed by atoms with Gasteiger partial charge in [-0.2, -0.15) is 5.10 Å². The van der Waals surface area contributed by atoms with Gasteiger partial charge in [-0.15, -0.1) is 0 Å². The number of H-pyrrole nitrogens is 1. The fourth-order valence-corrected chi connectivity index (χ4v) is 1.98. The third-order valence-electron chi connectivity index (χ3n) is 2.64. The number of aryl methyl sites for hydroxylation is 1. The molecule has 0 unspecified atom stereocenters. The predicted molar refractivity (Wildman–Crippen MR) is 48.7 cm³/mol. The van der Waals surface area contributed by atoms with Gasteiger partial charge >= 0.3 is 0 Å². The molecule has 0 radical (unpaired) electrons. The number of rotatable bonds is 0. The van der Waals surface area contributed by atoms with E-state index in [9.17, 15) is 4.79 Å². The van der Waals surface area contributed by atoms with Crippen LogP contribution in [0.25, 0.3) is 10.9 Å². The van der Waals surface area contributed by atoms with Gasteiger partial charge in [0.1, 0.15) is 0 Å². The number of Topliss-reactive ketones (excluding diaryl/α,β-unsaturated/α-hetero) is 1. The monoisotopic (exact) mass is 172 g/mol. The van der Waals surface area contributed by atoms with Gasteiger partial charge in [0.15, 0.2) is 5.78 Å². The molecule has 3 rings (SSSR count). The van der Waals surface area contributed by atoms with Gasteiger partial charge < -0.3 is 0 Å². The molecule has 0 fully saturated rings. The first-order valence-corrected chi connectivity index (χ1v) is 4.34. The van der Waals surface area contributed by atoms with Crippen molar-refractivity contribution >= 4 is 16.7 Å². The summed E-state index contributed by atoms with van der Waals surface area (Å²) in [6.45, 7) is 0. The van der Waals surface area contributed by atoms with Crippen LogP contribution >= 0.6 is 0 Å². The van der Waals surface area contributed by atoms with Crippen molar-refractivity contribution in [2.45, 2.75) is 12.8 Å². The number of fused-ring (bicyclic) bond motifs is 3. The number of hydrogen-bond acceptors (Lipinski definition) is 2. The van der Waals surface area contributed by atoms with Gasteiger partial charge in [-0.05, 0) is 24.1 Å². The van der Waals surface area contributed by atoms with Crippen molar-refractivity contribution in [3.8, 4) is 0 Å². The maximum atomic E-state index is 11.4. The minimum atomic E-state index is 0.262. The second-order valence-corrected chi connectivity index (χ2v) is 3.35. The van der Waals surface area contributed by atoms with Gasteiger partial charge in [0.2, 0.25) is 0 Å². The first-order valence-electron chi connectivity index (χ1n) is 4.34. The van der Waals surface area contributed by atoms with Crippen molar-refractivity contribution in [1.29, 1.82) is 0 Å². The zero-order valence-corrected chi connectivity index (χ0v) is 7.00. The van der Waals surface area contributed by atoms with Crippen molar-refractivity contribution in [2.24, 2.45) is 0 Å². The zero-order chi connectivity index (χ0) is 8.84. The van der Waals surface area contributed by atoms with Crippen LogP contribution in [0.1, 0.15) is 22.3 Å². The second kappa shape index (κ2) is 2.19. The number of aromatic amines is 1. The summed E-state index contributed by atoms with van der Waals surface area (Å²) in [6.07, 6.45) is 3.32. The van der Waals surface area contributed by atoms with Gasteiger partial charge in [-0.25, -0.2) is 0 Å². The highest BCUT2D eigenvalue weighted by Crippen LogP contribution is 2.28. The number of carbonyl (C=O) groups excluding carboxylic acids is 1. The molecule has 64 valence electrons. The number of carbonyl (C=O) groups is 1. The predicted octanol–water partition coefficient (Wildman–Crippen LogP) is 1.69. The molecule has 1 N–H and O–H groups in total. The Kier molecular flexibility index (Phi) is 1.15. The number of aromatic nitrogens is 2. The van der Waals surface area contributed by atoms with Gasteiger partial charge in [-0.1, -0.05) is 0 Å². The highest BCUT2D eigenvalue weighted by molar-refractivity contribution is 6.05. The Bertz CT molecular complexity index is 499. The molecule has 0 amide bonds. The molecule has 1 aromatic carbocycles. The Balaban J connectivity index is 2.45. The van der Waals surface area contributed by atoms with E-state index in [0.29, 0.717) is 6.42 Å². The van der Waals surface area contributed by atoms with Crippen LogP contribution in [0.3, 0.4) is 0 Å². The van der Waals surface area contributed by atoms with Crippen molar-refractivity contribution in [2.75, 3.05) is 0 Å². The zero-order valence-electron chi connectivity index (χ0n) is 7.00. The van der Waals surface area contributed by atoms with E-state index >= 15 is 0 Å². The van der Waals surface area contributed by atoms with Crippen molar-refractivity contribution in [3.63, 3.8) is 0 Å². The molecule has 0 atom stereocenters. The Hall–Kier alpha value is -1.64. The van der Waals surface area contributed by atoms with Crippen LogP contribution in [-0.4, -0.2) is 16.0 Å². The molecule has 13 heavy (non-hydrogen) atoms. The van der Waals surface area contributed by atoms with E-state index in [1.54, 1.807) is 6.20 Å². The first-order chi connectivity index (χ1) is 6.36. The van der Waals surface area contributed by atoms with Crippen molar-refractivity contribution < 1.29 is 4.79 Å². The SMILES string of the molecule is O=C1CCc2c1ccc1[nH]ncc21. The maximum absolute atomic E-state index is 11.4. The topological polar surface area (TPSA) is 45.8 Å². The molecule has 1 aliphatic rings. The number of nitrogens with zero attached hydrogens (tertiary/aromatic N) is 1. The Morgan fingerprint density at radius 1 is 1.31 bits per heavy atom. The molecular formula is C10H8N2O. The normalized spacial score (nSPS) is 15.2. The molecule has 0 bridgehead atoms. The van der Waals surface area contributed by atoms with E-state index in [0.717, 1.165) is 28.5 Å². The minimum Gasteiger partial charge on any atom is -0.294 e. The molecule has 1 aliphatic carbocycles. The lowest BCUT2D eigenvalue weighted by molar-refractivity contribution is 0.0994. The third-order valence-corrected chi connectivity index (χ3v) is 2.64. The lowest BCUT2D eigenvalue weighted by Gasteiger charge is -1.97. The van der Waals surface area contributed by atoms with E-state index < -0.39 is 0 Å². The summed E-state index contributed by atoms with van der Waals surface area (Å²) in [5, 5.41) is 7.97. The fraction of sp³-hybridized carbons (Fsp3) is 0.200. The van der Waals surface area contributed by atoms with E-state index in [4.69, 9.17) is 0 Å². The van der Waals surface area contributed by atoms with Crippen LogP contribution in [0.4, 0.5) is 0 Å². The summed E-state index contributed by atoms with van der Waals surface area (Å²) in [6, 6.07) is 3.82. The Morgan fingerprint density at radius 3 is 3.15 bits per heavy atom. The molecule has 0 spiro atoms. The number of hydrogen-bond donors (Lipinski definition) is 1. The van der Waals surface area contributed by atoms with E-state index in [1.165, 1.54) is 0 Å². The van der Waals surface area contributed by atoms with Crippen LogP contribution in [-0.2, 0) is 6.42 Å². The number of nitrogens with one attached hydrogen (secondary N) is 1. The van der Waals surface area contributed by atoms with Gasteiger partial charge in [0.05, 0.1) is 11.7 Å². The van der Waals surface area contributed by atoms with E-state index in [2.05, 4.69) is 10.2 Å². The average Bonchev–Trinajstić information content (AvgIpc) is 2.70. The van der Waals surface area contributed by atoms with E-state index in [1.807, 2.05) is 12.1 Å². The van der Waals surface area contributed by atoms with Gasteiger partial charge in [0, 0.05) is 17.4 Å². The summed E-state index contributed by atoms with van der Waals surface area (Å²) in [7, 11) is 0. The molecule has 1 aromatic heterocycles. The van der Waals surface area contributed by atoms with Crippen LogP contribution in [0.2, 0.25) is 0 Å². The average molecular weight is 172 g/mol.